The molecule has 7 aromatic rings. The van der Waals surface area contributed by atoms with Gasteiger partial charge < -0.3 is 20.1 Å². The lowest BCUT2D eigenvalue weighted by Crippen LogP contribution is -2.29. The van der Waals surface area contributed by atoms with Crippen molar-refractivity contribution in [1.29, 1.82) is 0 Å². The zero-order valence-electron chi connectivity index (χ0n) is 23.9. The van der Waals surface area contributed by atoms with E-state index in [1.807, 2.05) is 18.2 Å². The molecule has 226 valence electrons. The number of nitrogens with zero attached hydrogens (tertiary/aromatic N) is 4. The van der Waals surface area contributed by atoms with Crippen molar-refractivity contribution in [3.8, 4) is 22.4 Å². The summed E-state index contributed by atoms with van der Waals surface area (Å²) in [5, 5.41) is 18.3. The van der Waals surface area contributed by atoms with Crippen LogP contribution in [0.4, 0.5) is 4.39 Å². The van der Waals surface area contributed by atoms with Gasteiger partial charge in [0.25, 0.3) is 5.91 Å². The van der Waals surface area contributed by atoms with Crippen molar-refractivity contribution >= 4 is 45.2 Å². The first kappa shape index (κ1) is 28.3. The molecule has 3 N–H and O–H groups in total. The van der Waals surface area contributed by atoms with E-state index in [-0.39, 0.29) is 35.9 Å². The first-order chi connectivity index (χ1) is 22.4. The molecule has 0 spiro atoms. The number of carbonyl (C=O) groups excluding carboxylic acids is 2. The van der Waals surface area contributed by atoms with Gasteiger partial charge in [0.15, 0.2) is 5.69 Å². The number of aromatic amines is 1. The van der Waals surface area contributed by atoms with Crippen molar-refractivity contribution in [2.24, 2.45) is 0 Å². The number of carboxylic acids is 1. The van der Waals surface area contributed by atoms with Crippen LogP contribution in [-0.2, 0) is 4.74 Å². The zero-order chi connectivity index (χ0) is 31.8. The highest BCUT2D eigenvalue weighted by molar-refractivity contribution is 6.17. The number of aromatic carboxylic acids is 1. The van der Waals surface area contributed by atoms with Crippen LogP contribution in [0.25, 0.3) is 49.7 Å². The molecule has 7 rings (SSSR count). The molecule has 11 nitrogen and oxygen atoms in total. The number of fused-ring (bicyclic) bond motifs is 4. The van der Waals surface area contributed by atoms with Gasteiger partial charge in [0.1, 0.15) is 23.8 Å². The second kappa shape index (κ2) is 11.6. The molecule has 0 unspecified atom stereocenters. The number of rotatable bonds is 8. The smallest absolute Gasteiger partial charge is 0.356 e. The summed E-state index contributed by atoms with van der Waals surface area (Å²) < 4.78 is 20.7. The normalized spacial score (nSPS) is 11.2. The van der Waals surface area contributed by atoms with Gasteiger partial charge >= 0.3 is 11.9 Å². The number of aromatic nitrogens is 5. The third kappa shape index (κ3) is 4.97. The first-order valence-electron chi connectivity index (χ1n) is 14.2. The van der Waals surface area contributed by atoms with Crippen molar-refractivity contribution in [1.82, 2.24) is 29.9 Å². The zero-order valence-corrected chi connectivity index (χ0v) is 23.9. The Hall–Kier alpha value is -6.43. The van der Waals surface area contributed by atoms with E-state index in [4.69, 9.17) is 9.84 Å². The van der Waals surface area contributed by atoms with E-state index < -0.39 is 17.8 Å². The highest BCUT2D eigenvalue weighted by Gasteiger charge is 2.22. The number of hydrogen-bond acceptors (Lipinski definition) is 7. The number of carboxylic acid groups (broad SMARTS) is 1. The standard InChI is InChI=1S/C34H23FN6O5/c35-21-9-7-20(8-10-21)28-27(19-11-14-36-15-12-19)25-5-2-6-26(41(25)40-28)32(42)38-17-18-46-34(45)24-4-1-3-22-23-13-16-37-31(33(43)44)30(23)39-29(22)24/h1-16,39H,17-18H2,(H,38,42)(H,43,44). The summed E-state index contributed by atoms with van der Waals surface area (Å²) in [5.74, 6) is -2.65. The molecule has 46 heavy (non-hydrogen) atoms. The average molecular weight is 615 g/mol. The van der Waals surface area contributed by atoms with E-state index in [9.17, 15) is 23.9 Å². The third-order valence-corrected chi connectivity index (χ3v) is 7.58. The van der Waals surface area contributed by atoms with E-state index in [0.29, 0.717) is 38.6 Å². The van der Waals surface area contributed by atoms with Gasteiger partial charge in [-0.1, -0.05) is 18.2 Å². The summed E-state index contributed by atoms with van der Waals surface area (Å²) in [6, 6.07) is 21.6. The lowest BCUT2D eigenvalue weighted by molar-refractivity contribution is 0.0504. The minimum atomic E-state index is -1.19. The van der Waals surface area contributed by atoms with Crippen molar-refractivity contribution in [2.45, 2.75) is 0 Å². The van der Waals surface area contributed by atoms with Crippen LogP contribution in [0.1, 0.15) is 31.3 Å². The number of para-hydroxylation sites is 1. The van der Waals surface area contributed by atoms with E-state index in [1.165, 1.54) is 22.8 Å². The number of H-pyrrole nitrogens is 1. The Morgan fingerprint density at radius 2 is 1.63 bits per heavy atom. The number of hydrogen-bond donors (Lipinski definition) is 3. The van der Waals surface area contributed by atoms with Crippen LogP contribution in [0.15, 0.2) is 97.5 Å². The van der Waals surface area contributed by atoms with Crippen LogP contribution in [-0.4, -0.2) is 60.7 Å². The number of pyridine rings is 3. The molecular formula is C34H23FN6O5. The van der Waals surface area contributed by atoms with Gasteiger partial charge in [-0.25, -0.2) is 23.5 Å². The molecule has 0 aliphatic rings. The van der Waals surface area contributed by atoms with E-state index in [1.54, 1.807) is 60.9 Å². The highest BCUT2D eigenvalue weighted by atomic mass is 19.1. The van der Waals surface area contributed by atoms with E-state index in [2.05, 4.69) is 20.3 Å². The second-order valence-electron chi connectivity index (χ2n) is 10.3. The molecule has 0 radical (unpaired) electrons. The minimum Gasteiger partial charge on any atom is -0.476 e. The SMILES string of the molecule is O=C(OCCNC(=O)c1cccc2c(-c3ccncc3)c(-c3ccc(F)cc3)nn12)c1cccc2c1[nH]c1c(C(=O)O)nccc12. The van der Waals surface area contributed by atoms with Gasteiger partial charge in [-0.3, -0.25) is 9.78 Å². The van der Waals surface area contributed by atoms with E-state index >= 15 is 0 Å². The van der Waals surface area contributed by atoms with Crippen molar-refractivity contribution in [3.63, 3.8) is 0 Å². The van der Waals surface area contributed by atoms with Crippen LogP contribution in [0.2, 0.25) is 0 Å². The summed E-state index contributed by atoms with van der Waals surface area (Å²) >= 11 is 0. The van der Waals surface area contributed by atoms with E-state index in [0.717, 1.165) is 11.1 Å². The molecule has 0 saturated heterocycles. The maximum Gasteiger partial charge on any atom is 0.356 e. The van der Waals surface area contributed by atoms with Gasteiger partial charge in [0.2, 0.25) is 0 Å². The molecule has 5 heterocycles. The summed E-state index contributed by atoms with van der Waals surface area (Å²) in [4.78, 5) is 49.1. The van der Waals surface area contributed by atoms with Crippen LogP contribution in [0.5, 0.6) is 0 Å². The number of amides is 1. The molecule has 1 amide bonds. The number of ether oxygens (including phenoxy) is 1. The van der Waals surface area contributed by atoms with Crippen molar-refractivity contribution in [3.05, 3.63) is 120 Å². The maximum atomic E-state index is 13.7. The Balaban J connectivity index is 1.11. The lowest BCUT2D eigenvalue weighted by Gasteiger charge is -2.09. The van der Waals surface area contributed by atoms with Gasteiger partial charge in [0.05, 0.1) is 28.7 Å². The molecular weight excluding hydrogens is 591 g/mol. The van der Waals surface area contributed by atoms with Crippen LogP contribution in [0.3, 0.4) is 0 Å². The maximum absolute atomic E-state index is 13.7. The molecule has 0 aliphatic carbocycles. The number of halogens is 1. The Morgan fingerprint density at radius 3 is 2.41 bits per heavy atom. The Morgan fingerprint density at radius 1 is 0.870 bits per heavy atom. The molecule has 5 aromatic heterocycles. The summed E-state index contributed by atoms with van der Waals surface area (Å²) in [6.45, 7) is -0.110. The molecule has 0 bridgehead atoms. The fourth-order valence-electron chi connectivity index (χ4n) is 5.51. The minimum absolute atomic E-state index is 0.0139. The Bertz CT molecular complexity index is 2300. The lowest BCUT2D eigenvalue weighted by atomic mass is 10.0. The van der Waals surface area contributed by atoms with Crippen LogP contribution >= 0.6 is 0 Å². The van der Waals surface area contributed by atoms with Crippen LogP contribution in [0, 0.1) is 5.82 Å². The molecule has 0 saturated carbocycles. The molecule has 12 heteroatoms. The summed E-state index contributed by atoms with van der Waals surface area (Å²) in [6.07, 6.45) is 4.72. The number of benzene rings is 2. The number of nitrogens with one attached hydrogen (secondary N) is 2. The van der Waals surface area contributed by atoms with Gasteiger partial charge in [-0.05, 0) is 66.2 Å². The molecule has 0 atom stereocenters. The number of esters is 1. The fraction of sp³-hybridized carbons (Fsp3) is 0.0588. The average Bonchev–Trinajstić information content (AvgIpc) is 3.66. The first-order valence-corrected chi connectivity index (χ1v) is 14.2. The highest BCUT2D eigenvalue weighted by Crippen LogP contribution is 2.35. The predicted molar refractivity (Wildman–Crippen MR) is 167 cm³/mol. The monoisotopic (exact) mass is 614 g/mol. The topological polar surface area (TPSA) is 152 Å². The molecule has 0 aliphatic heterocycles. The Kier molecular flexibility index (Phi) is 7.14. The third-order valence-electron chi connectivity index (χ3n) is 7.58. The quantitative estimate of drug-likeness (QED) is 0.150. The predicted octanol–water partition coefficient (Wildman–Crippen LogP) is 5.52. The summed E-state index contributed by atoms with van der Waals surface area (Å²) in [5.41, 5.74) is 4.54. The largest absolute Gasteiger partial charge is 0.476 e. The second-order valence-corrected chi connectivity index (χ2v) is 10.3. The number of carbonyl (C=O) groups is 3. The molecule has 2 aromatic carbocycles. The van der Waals surface area contributed by atoms with Crippen molar-refractivity contribution < 1.29 is 28.6 Å². The van der Waals surface area contributed by atoms with Crippen molar-refractivity contribution in [2.75, 3.05) is 13.2 Å². The molecule has 0 fully saturated rings. The van der Waals surface area contributed by atoms with Gasteiger partial charge in [-0.2, -0.15) is 5.10 Å². The summed E-state index contributed by atoms with van der Waals surface area (Å²) in [7, 11) is 0. The Labute approximate surface area is 259 Å². The van der Waals surface area contributed by atoms with Crippen LogP contribution < -0.4 is 5.32 Å². The fourth-order valence-corrected chi connectivity index (χ4v) is 5.51. The van der Waals surface area contributed by atoms with Gasteiger partial charge in [-0.15, -0.1) is 0 Å². The van der Waals surface area contributed by atoms with Gasteiger partial charge in [0, 0.05) is 40.5 Å².